The van der Waals surface area contributed by atoms with Gasteiger partial charge >= 0.3 is 0 Å². The maximum absolute atomic E-state index is 12.9. The van der Waals surface area contributed by atoms with Crippen molar-refractivity contribution in [1.82, 2.24) is 15.1 Å². The highest BCUT2D eigenvalue weighted by atomic mass is 16.3. The Morgan fingerprint density at radius 1 is 1.13 bits per heavy atom. The Kier molecular flexibility index (Phi) is 5.72. The molecule has 3 amide bonds. The van der Waals surface area contributed by atoms with Gasteiger partial charge in [0.15, 0.2) is 0 Å². The lowest BCUT2D eigenvalue weighted by Crippen LogP contribution is -2.40. The normalized spacial score (nSPS) is 18.0. The van der Waals surface area contributed by atoms with Gasteiger partial charge in [0.1, 0.15) is 5.76 Å². The standard InChI is InChI=1S/C23H27N3O4/c1-25(2)19(20-9-6-12-30-20)14-24-21(27)15-10-11-17-18(13-15)23(29)26(22(17)28)16-7-4-3-5-8-16/h6,9-13,16,19H,3-5,7-8,14H2,1-2H3,(H,24,27). The van der Waals surface area contributed by atoms with Crippen LogP contribution in [0, 0.1) is 0 Å². The van der Waals surface area contributed by atoms with Crippen LogP contribution in [0.2, 0.25) is 0 Å². The molecule has 1 atom stereocenters. The molecule has 0 bridgehead atoms. The van der Waals surface area contributed by atoms with Gasteiger partial charge in [-0.2, -0.15) is 0 Å². The van der Waals surface area contributed by atoms with Gasteiger partial charge < -0.3 is 9.73 Å². The number of amides is 3. The van der Waals surface area contributed by atoms with Crippen LogP contribution >= 0.6 is 0 Å². The van der Waals surface area contributed by atoms with E-state index in [2.05, 4.69) is 5.32 Å². The Hall–Kier alpha value is -2.93. The highest BCUT2D eigenvalue weighted by molar-refractivity contribution is 6.22. The number of likely N-dealkylation sites (N-methyl/N-ethyl adjacent to an activating group) is 1. The van der Waals surface area contributed by atoms with Crippen LogP contribution in [0.15, 0.2) is 41.0 Å². The Labute approximate surface area is 176 Å². The molecular formula is C23H27N3O4. The van der Waals surface area contributed by atoms with E-state index in [1.165, 1.54) is 4.90 Å². The molecule has 1 aromatic carbocycles. The molecule has 2 aromatic rings. The zero-order valence-corrected chi connectivity index (χ0v) is 17.4. The first-order valence-electron chi connectivity index (χ1n) is 10.5. The van der Waals surface area contributed by atoms with Crippen molar-refractivity contribution in [1.29, 1.82) is 0 Å². The molecule has 2 aliphatic rings. The molecule has 1 fully saturated rings. The second-order valence-electron chi connectivity index (χ2n) is 8.24. The van der Waals surface area contributed by atoms with Gasteiger partial charge in [-0.15, -0.1) is 0 Å². The smallest absolute Gasteiger partial charge is 0.261 e. The summed E-state index contributed by atoms with van der Waals surface area (Å²) in [7, 11) is 3.83. The van der Waals surface area contributed by atoms with Crippen molar-refractivity contribution < 1.29 is 18.8 Å². The summed E-state index contributed by atoms with van der Waals surface area (Å²) in [4.78, 5) is 41.9. The highest BCUT2D eigenvalue weighted by Crippen LogP contribution is 2.31. The number of hydrogen-bond donors (Lipinski definition) is 1. The monoisotopic (exact) mass is 409 g/mol. The van der Waals surface area contributed by atoms with E-state index in [4.69, 9.17) is 4.42 Å². The summed E-state index contributed by atoms with van der Waals surface area (Å²) >= 11 is 0. The van der Waals surface area contributed by atoms with Crippen LogP contribution < -0.4 is 5.32 Å². The summed E-state index contributed by atoms with van der Waals surface area (Å²) in [6.07, 6.45) is 6.54. The molecule has 1 N–H and O–H groups in total. The van der Waals surface area contributed by atoms with E-state index >= 15 is 0 Å². The van der Waals surface area contributed by atoms with E-state index in [-0.39, 0.29) is 29.8 Å². The topological polar surface area (TPSA) is 82.9 Å². The van der Waals surface area contributed by atoms with Crippen molar-refractivity contribution in [2.75, 3.05) is 20.6 Å². The van der Waals surface area contributed by atoms with E-state index in [0.29, 0.717) is 23.2 Å². The SMILES string of the molecule is CN(C)C(CNC(=O)c1ccc2c(c1)C(=O)N(C1CCCCC1)C2=O)c1ccco1. The first kappa shape index (κ1) is 20.3. The number of nitrogens with zero attached hydrogens (tertiary/aromatic N) is 2. The van der Waals surface area contributed by atoms with Crippen molar-refractivity contribution in [3.8, 4) is 0 Å². The summed E-state index contributed by atoms with van der Waals surface area (Å²) in [6, 6.07) is 8.31. The number of carbonyl (C=O) groups excluding carboxylic acids is 3. The number of imide groups is 1. The molecule has 0 radical (unpaired) electrons. The zero-order chi connectivity index (χ0) is 21.3. The average Bonchev–Trinajstić information content (AvgIpc) is 3.36. The molecule has 1 aromatic heterocycles. The fourth-order valence-electron chi connectivity index (χ4n) is 4.38. The third-order valence-electron chi connectivity index (χ3n) is 6.07. The largest absolute Gasteiger partial charge is 0.468 e. The van der Waals surface area contributed by atoms with Gasteiger partial charge in [-0.3, -0.25) is 24.2 Å². The number of furan rings is 1. The van der Waals surface area contributed by atoms with Gasteiger partial charge in [0.2, 0.25) is 0 Å². The van der Waals surface area contributed by atoms with Crippen molar-refractivity contribution in [2.45, 2.75) is 44.2 Å². The predicted octanol–water partition coefficient (Wildman–Crippen LogP) is 3.24. The summed E-state index contributed by atoms with van der Waals surface area (Å²) in [5, 5.41) is 2.91. The molecule has 158 valence electrons. The van der Waals surface area contributed by atoms with Gasteiger partial charge in [0.25, 0.3) is 17.7 Å². The maximum atomic E-state index is 12.9. The van der Waals surface area contributed by atoms with Crippen molar-refractivity contribution in [3.63, 3.8) is 0 Å². The Bertz CT molecular complexity index is 945. The molecular weight excluding hydrogens is 382 g/mol. The second kappa shape index (κ2) is 8.44. The van der Waals surface area contributed by atoms with E-state index in [1.54, 1.807) is 24.5 Å². The molecule has 0 spiro atoms. The predicted molar refractivity (Wildman–Crippen MR) is 111 cm³/mol. The Morgan fingerprint density at radius 3 is 2.53 bits per heavy atom. The molecule has 1 saturated carbocycles. The quantitative estimate of drug-likeness (QED) is 0.741. The lowest BCUT2D eigenvalue weighted by atomic mass is 9.94. The fraction of sp³-hybridized carbons (Fsp3) is 0.435. The first-order chi connectivity index (χ1) is 14.5. The summed E-state index contributed by atoms with van der Waals surface area (Å²) in [5.74, 6) is -0.0385. The van der Waals surface area contributed by atoms with Crippen molar-refractivity contribution >= 4 is 17.7 Å². The second-order valence-corrected chi connectivity index (χ2v) is 8.24. The molecule has 2 heterocycles. The van der Waals surface area contributed by atoms with Crippen LogP contribution in [-0.2, 0) is 0 Å². The third-order valence-corrected chi connectivity index (χ3v) is 6.07. The first-order valence-corrected chi connectivity index (χ1v) is 10.5. The Morgan fingerprint density at radius 2 is 1.87 bits per heavy atom. The highest BCUT2D eigenvalue weighted by Gasteiger charge is 2.40. The number of carbonyl (C=O) groups is 3. The van der Waals surface area contributed by atoms with Gasteiger partial charge in [0.05, 0.1) is 23.4 Å². The van der Waals surface area contributed by atoms with E-state index in [0.717, 1.165) is 37.9 Å². The van der Waals surface area contributed by atoms with E-state index in [9.17, 15) is 14.4 Å². The summed E-state index contributed by atoms with van der Waals surface area (Å²) < 4.78 is 5.47. The number of hydrogen-bond acceptors (Lipinski definition) is 5. The van der Waals surface area contributed by atoms with Gasteiger partial charge in [0, 0.05) is 18.2 Å². The third kappa shape index (κ3) is 3.77. The van der Waals surface area contributed by atoms with Crippen LogP contribution in [0.25, 0.3) is 0 Å². The lowest BCUT2D eigenvalue weighted by Gasteiger charge is -2.29. The van der Waals surface area contributed by atoms with Crippen LogP contribution in [0.3, 0.4) is 0 Å². The van der Waals surface area contributed by atoms with Crippen LogP contribution in [0.1, 0.15) is 75.0 Å². The minimum absolute atomic E-state index is 0.0300. The Balaban J connectivity index is 1.48. The van der Waals surface area contributed by atoms with E-state index < -0.39 is 0 Å². The maximum Gasteiger partial charge on any atom is 0.261 e. The van der Waals surface area contributed by atoms with Crippen LogP contribution in [-0.4, -0.2) is 54.2 Å². The summed E-state index contributed by atoms with van der Waals surface area (Å²) in [6.45, 7) is 0.359. The summed E-state index contributed by atoms with van der Waals surface area (Å²) in [5.41, 5.74) is 1.09. The van der Waals surface area contributed by atoms with Gasteiger partial charge in [-0.1, -0.05) is 19.3 Å². The van der Waals surface area contributed by atoms with Crippen molar-refractivity contribution in [3.05, 3.63) is 59.0 Å². The number of rotatable bonds is 6. The molecule has 0 saturated heterocycles. The molecule has 7 nitrogen and oxygen atoms in total. The molecule has 4 rings (SSSR count). The fourth-order valence-corrected chi connectivity index (χ4v) is 4.38. The average molecular weight is 409 g/mol. The molecule has 1 aliphatic carbocycles. The minimum Gasteiger partial charge on any atom is -0.468 e. The zero-order valence-electron chi connectivity index (χ0n) is 17.4. The van der Waals surface area contributed by atoms with E-state index in [1.807, 2.05) is 31.1 Å². The molecule has 1 aliphatic heterocycles. The minimum atomic E-state index is -0.285. The number of benzene rings is 1. The molecule has 1 unspecified atom stereocenters. The number of nitrogens with one attached hydrogen (secondary N) is 1. The lowest BCUT2D eigenvalue weighted by molar-refractivity contribution is 0.0548. The van der Waals surface area contributed by atoms with Gasteiger partial charge in [-0.05, 0) is 57.3 Å². The van der Waals surface area contributed by atoms with Crippen LogP contribution in [0.5, 0.6) is 0 Å². The van der Waals surface area contributed by atoms with Crippen molar-refractivity contribution in [2.24, 2.45) is 0 Å². The van der Waals surface area contributed by atoms with Gasteiger partial charge in [-0.25, -0.2) is 0 Å². The molecule has 30 heavy (non-hydrogen) atoms. The van der Waals surface area contributed by atoms with Crippen LogP contribution in [0.4, 0.5) is 0 Å². The molecule has 7 heteroatoms. The number of fused-ring (bicyclic) bond motifs is 1.